The number of aliphatic hydroxyl groups is 1. The molecule has 37 heavy (non-hydrogen) atoms. The zero-order valence-electron chi connectivity index (χ0n) is 20.9. The van der Waals surface area contributed by atoms with E-state index < -0.39 is 18.2 Å². The van der Waals surface area contributed by atoms with E-state index in [9.17, 15) is 18.3 Å². The number of nitrogens with zero attached hydrogens (tertiary/aromatic N) is 4. The van der Waals surface area contributed by atoms with Gasteiger partial charge in [-0.3, -0.25) is 4.90 Å². The molecule has 2 saturated heterocycles. The molecule has 5 heterocycles. The first-order valence-corrected chi connectivity index (χ1v) is 13.4. The molecule has 0 bridgehead atoms. The maximum atomic E-state index is 12.9. The lowest BCUT2D eigenvalue weighted by Crippen LogP contribution is -2.31. The van der Waals surface area contributed by atoms with Gasteiger partial charge in [0.25, 0.3) is 0 Å². The second kappa shape index (κ2) is 8.68. The Morgan fingerprint density at radius 3 is 2.68 bits per heavy atom. The smallest absolute Gasteiger partial charge is 0.384 e. The standard InChI is InChI=1S/C27H30F3N5OS/c1-25(2,36)22-10-18-4-3-17(9-21(18)33-22)13-34-7-5-26(14-34)6-8-35(15-26)23-20-11-19(12-27(28,29)30)37-24(20)32-16-31-23/h3-4,9-11,16,33,36H,5-8,12-15H2,1-2H3/t26-/m1/s1. The number of likely N-dealkylation sites (tertiary alicyclic amines) is 1. The second-order valence-electron chi connectivity index (χ2n) is 11.2. The van der Waals surface area contributed by atoms with Gasteiger partial charge in [-0.05, 0) is 62.4 Å². The van der Waals surface area contributed by atoms with Crippen LogP contribution < -0.4 is 4.90 Å². The fraction of sp³-hybridized carbons (Fsp3) is 0.481. The van der Waals surface area contributed by atoms with Gasteiger partial charge in [0.05, 0.1) is 17.4 Å². The van der Waals surface area contributed by atoms with Crippen LogP contribution in [0.15, 0.2) is 36.7 Å². The zero-order valence-corrected chi connectivity index (χ0v) is 21.7. The molecule has 196 valence electrons. The number of nitrogens with one attached hydrogen (secondary N) is 1. The number of halogens is 3. The summed E-state index contributed by atoms with van der Waals surface area (Å²) in [5.41, 5.74) is 2.32. The Morgan fingerprint density at radius 1 is 1.08 bits per heavy atom. The first-order chi connectivity index (χ1) is 17.5. The number of aromatic nitrogens is 3. The topological polar surface area (TPSA) is 68.3 Å². The molecule has 0 unspecified atom stereocenters. The Kier molecular flexibility index (Phi) is 5.78. The quantitative estimate of drug-likeness (QED) is 0.352. The molecule has 1 aromatic carbocycles. The SMILES string of the molecule is CC(C)(O)c1cc2ccc(CN3CC[C@@]4(CCN(c5ncnc6sc(CC(F)(F)F)cc56)C4)C3)cc2[nH]1. The van der Waals surface area contributed by atoms with E-state index in [1.165, 1.54) is 11.9 Å². The van der Waals surface area contributed by atoms with Crippen LogP contribution in [0, 0.1) is 5.41 Å². The molecule has 0 aliphatic carbocycles. The molecule has 0 amide bonds. The monoisotopic (exact) mass is 529 g/mol. The zero-order chi connectivity index (χ0) is 26.0. The summed E-state index contributed by atoms with van der Waals surface area (Å²) >= 11 is 1.10. The number of thiophene rings is 1. The van der Waals surface area contributed by atoms with E-state index >= 15 is 0 Å². The summed E-state index contributed by atoms with van der Waals surface area (Å²) in [6.45, 7) is 8.11. The normalized spacial score (nSPS) is 21.3. The lowest BCUT2D eigenvalue weighted by molar-refractivity contribution is -0.126. The highest BCUT2D eigenvalue weighted by atomic mass is 32.1. The molecule has 4 aromatic rings. The van der Waals surface area contributed by atoms with Crippen molar-refractivity contribution < 1.29 is 18.3 Å². The van der Waals surface area contributed by atoms with Crippen LogP contribution in [0.3, 0.4) is 0 Å². The van der Waals surface area contributed by atoms with Crippen molar-refractivity contribution in [2.75, 3.05) is 31.1 Å². The van der Waals surface area contributed by atoms with Crippen molar-refractivity contribution in [3.05, 3.63) is 52.8 Å². The number of H-pyrrole nitrogens is 1. The Morgan fingerprint density at radius 2 is 1.89 bits per heavy atom. The predicted molar refractivity (Wildman–Crippen MR) is 140 cm³/mol. The minimum Gasteiger partial charge on any atom is -0.384 e. The predicted octanol–water partition coefficient (Wildman–Crippen LogP) is 5.61. The van der Waals surface area contributed by atoms with Gasteiger partial charge < -0.3 is 15.0 Å². The van der Waals surface area contributed by atoms with Crippen LogP contribution in [0.2, 0.25) is 0 Å². The van der Waals surface area contributed by atoms with Crippen LogP contribution in [0.25, 0.3) is 21.1 Å². The molecule has 0 saturated carbocycles. The Balaban J connectivity index is 1.15. The van der Waals surface area contributed by atoms with Crippen LogP contribution in [0.4, 0.5) is 19.0 Å². The Bertz CT molecular complexity index is 1460. The van der Waals surface area contributed by atoms with Gasteiger partial charge >= 0.3 is 6.18 Å². The van der Waals surface area contributed by atoms with E-state index in [-0.39, 0.29) is 10.3 Å². The minimum atomic E-state index is -4.23. The number of fused-ring (bicyclic) bond motifs is 2. The highest BCUT2D eigenvalue weighted by Crippen LogP contribution is 2.43. The Hall–Kier alpha value is -2.69. The molecule has 6 rings (SSSR count). The van der Waals surface area contributed by atoms with Crippen LogP contribution in [0.1, 0.15) is 42.8 Å². The van der Waals surface area contributed by atoms with Crippen molar-refractivity contribution in [3.63, 3.8) is 0 Å². The summed E-state index contributed by atoms with van der Waals surface area (Å²) in [5.74, 6) is 0.754. The average molecular weight is 530 g/mol. The van der Waals surface area contributed by atoms with Crippen molar-refractivity contribution in [2.45, 2.75) is 51.4 Å². The van der Waals surface area contributed by atoms with Crippen molar-refractivity contribution in [1.29, 1.82) is 0 Å². The van der Waals surface area contributed by atoms with Gasteiger partial charge in [-0.25, -0.2) is 9.97 Å². The van der Waals surface area contributed by atoms with E-state index in [1.807, 2.05) is 6.07 Å². The van der Waals surface area contributed by atoms with E-state index in [2.05, 4.69) is 43.0 Å². The molecule has 2 aliphatic heterocycles. The molecular weight excluding hydrogens is 499 g/mol. The average Bonchev–Trinajstić information content (AvgIpc) is 3.58. The number of alkyl halides is 3. The number of rotatable bonds is 5. The molecule has 0 radical (unpaired) electrons. The summed E-state index contributed by atoms with van der Waals surface area (Å²) in [6.07, 6.45) is -1.56. The van der Waals surface area contributed by atoms with Gasteiger partial charge in [-0.1, -0.05) is 12.1 Å². The van der Waals surface area contributed by atoms with Gasteiger partial charge in [0.15, 0.2) is 0 Å². The lowest BCUT2D eigenvalue weighted by atomic mass is 9.86. The highest BCUT2D eigenvalue weighted by molar-refractivity contribution is 7.18. The lowest BCUT2D eigenvalue weighted by Gasteiger charge is -2.25. The van der Waals surface area contributed by atoms with Gasteiger partial charge in [-0.15, -0.1) is 11.3 Å². The molecule has 6 nitrogen and oxygen atoms in total. The van der Waals surface area contributed by atoms with E-state index in [1.54, 1.807) is 19.9 Å². The number of aromatic amines is 1. The second-order valence-corrected chi connectivity index (χ2v) is 12.3. The van der Waals surface area contributed by atoms with Gasteiger partial charge in [-0.2, -0.15) is 13.2 Å². The minimum absolute atomic E-state index is 0.159. The summed E-state index contributed by atoms with van der Waals surface area (Å²) < 4.78 is 38.8. The molecule has 2 fully saturated rings. The number of anilines is 1. The molecule has 3 aromatic heterocycles. The van der Waals surface area contributed by atoms with Gasteiger partial charge in [0.1, 0.15) is 17.0 Å². The van der Waals surface area contributed by atoms with Crippen LogP contribution in [0.5, 0.6) is 0 Å². The molecule has 10 heteroatoms. The van der Waals surface area contributed by atoms with Crippen molar-refractivity contribution >= 4 is 38.3 Å². The maximum absolute atomic E-state index is 12.9. The fourth-order valence-corrected chi connectivity index (χ4v) is 6.92. The molecular formula is C27H30F3N5OS. The molecule has 1 spiro atoms. The summed E-state index contributed by atoms with van der Waals surface area (Å²) in [7, 11) is 0. The van der Waals surface area contributed by atoms with Crippen LogP contribution in [-0.4, -0.2) is 57.3 Å². The summed E-state index contributed by atoms with van der Waals surface area (Å²) in [4.78, 5) is 17.7. The number of hydrogen-bond acceptors (Lipinski definition) is 6. The van der Waals surface area contributed by atoms with Crippen LogP contribution >= 0.6 is 11.3 Å². The number of benzene rings is 1. The third-order valence-electron chi connectivity index (χ3n) is 7.74. The van der Waals surface area contributed by atoms with Gasteiger partial charge in [0.2, 0.25) is 0 Å². The van der Waals surface area contributed by atoms with Crippen LogP contribution in [-0.2, 0) is 18.6 Å². The van der Waals surface area contributed by atoms with Crippen molar-refractivity contribution in [2.24, 2.45) is 5.41 Å². The largest absolute Gasteiger partial charge is 0.393 e. The highest BCUT2D eigenvalue weighted by Gasteiger charge is 2.44. The Labute approximate surface area is 217 Å². The number of hydrogen-bond donors (Lipinski definition) is 2. The van der Waals surface area contributed by atoms with Gasteiger partial charge in [0, 0.05) is 47.7 Å². The fourth-order valence-electron chi connectivity index (χ4n) is 5.90. The van der Waals surface area contributed by atoms with E-state index in [0.29, 0.717) is 4.83 Å². The summed E-state index contributed by atoms with van der Waals surface area (Å²) in [5, 5.41) is 12.1. The molecule has 2 aliphatic rings. The first-order valence-electron chi connectivity index (χ1n) is 12.6. The van der Waals surface area contributed by atoms with Crippen molar-refractivity contribution in [3.8, 4) is 0 Å². The molecule has 1 atom stereocenters. The third kappa shape index (κ3) is 4.94. The van der Waals surface area contributed by atoms with Crippen molar-refractivity contribution in [1.82, 2.24) is 19.9 Å². The summed E-state index contributed by atoms with van der Waals surface area (Å²) in [6, 6.07) is 10.1. The molecule has 2 N–H and O–H groups in total. The first kappa shape index (κ1) is 24.6. The third-order valence-corrected chi connectivity index (χ3v) is 8.78. The van der Waals surface area contributed by atoms with E-state index in [4.69, 9.17) is 0 Å². The van der Waals surface area contributed by atoms with E-state index in [0.717, 1.165) is 84.7 Å². The maximum Gasteiger partial charge on any atom is 0.393 e.